The van der Waals surface area contributed by atoms with Crippen molar-refractivity contribution in [1.29, 1.82) is 0 Å². The smallest absolute Gasteiger partial charge is 0.199 e. The molecule has 1 heterocycles. The molecular formula is C21H24O5. The van der Waals surface area contributed by atoms with Crippen molar-refractivity contribution in [2.45, 2.75) is 58.7 Å². The molecule has 2 aliphatic rings. The summed E-state index contributed by atoms with van der Waals surface area (Å²) in [6, 6.07) is 1.26. The number of ether oxygens (including phenoxy) is 1. The SMILES string of the molecule is CC(C)=CCCC(C)=CCC12OC1C(=O)c1c(cc(O)c(C)c1O)C2=O. The lowest BCUT2D eigenvalue weighted by Gasteiger charge is -2.20. The van der Waals surface area contributed by atoms with Crippen LogP contribution < -0.4 is 0 Å². The molecule has 5 heteroatoms. The van der Waals surface area contributed by atoms with Gasteiger partial charge in [0.05, 0.1) is 5.56 Å². The fourth-order valence-corrected chi connectivity index (χ4v) is 3.42. The molecule has 0 aromatic heterocycles. The van der Waals surface area contributed by atoms with Gasteiger partial charge in [-0.1, -0.05) is 23.3 Å². The molecule has 0 bridgehead atoms. The average molecular weight is 356 g/mol. The van der Waals surface area contributed by atoms with Crippen LogP contribution in [0.4, 0.5) is 0 Å². The number of rotatable bonds is 5. The summed E-state index contributed by atoms with van der Waals surface area (Å²) in [6.45, 7) is 7.60. The van der Waals surface area contributed by atoms with Crippen LogP contribution in [0, 0.1) is 6.92 Å². The van der Waals surface area contributed by atoms with Crippen molar-refractivity contribution in [1.82, 2.24) is 0 Å². The second-order valence-electron chi connectivity index (χ2n) is 7.45. The number of fused-ring (bicyclic) bond motifs is 2. The summed E-state index contributed by atoms with van der Waals surface area (Å²) in [5.41, 5.74) is 1.41. The summed E-state index contributed by atoms with van der Waals surface area (Å²) < 4.78 is 5.55. The molecule has 0 amide bonds. The lowest BCUT2D eigenvalue weighted by atomic mass is 9.78. The molecule has 1 saturated heterocycles. The van der Waals surface area contributed by atoms with Crippen molar-refractivity contribution in [3.05, 3.63) is 46.1 Å². The maximum atomic E-state index is 12.9. The Labute approximate surface area is 153 Å². The monoisotopic (exact) mass is 356 g/mol. The van der Waals surface area contributed by atoms with Gasteiger partial charge in [-0.3, -0.25) is 9.59 Å². The quantitative estimate of drug-likeness (QED) is 0.615. The van der Waals surface area contributed by atoms with Gasteiger partial charge in [0.25, 0.3) is 0 Å². The van der Waals surface area contributed by atoms with Crippen molar-refractivity contribution < 1.29 is 24.5 Å². The third-order valence-electron chi connectivity index (χ3n) is 5.18. The van der Waals surface area contributed by atoms with E-state index in [1.807, 2.05) is 13.0 Å². The van der Waals surface area contributed by atoms with E-state index >= 15 is 0 Å². The van der Waals surface area contributed by atoms with E-state index in [4.69, 9.17) is 4.74 Å². The van der Waals surface area contributed by atoms with Gasteiger partial charge >= 0.3 is 0 Å². The summed E-state index contributed by atoms with van der Waals surface area (Å²) in [4.78, 5) is 25.6. The second-order valence-corrected chi connectivity index (χ2v) is 7.45. The van der Waals surface area contributed by atoms with Gasteiger partial charge in [-0.05, 0) is 46.6 Å². The lowest BCUT2D eigenvalue weighted by Crippen LogP contribution is -2.36. The molecule has 1 aliphatic heterocycles. The lowest BCUT2D eigenvalue weighted by molar-refractivity contribution is 0.0860. The Bertz CT molecular complexity index is 858. The highest BCUT2D eigenvalue weighted by molar-refractivity contribution is 6.24. The molecule has 0 radical (unpaired) electrons. The minimum atomic E-state index is -1.18. The molecular weight excluding hydrogens is 332 g/mol. The summed E-state index contributed by atoms with van der Waals surface area (Å²) >= 11 is 0. The molecule has 2 unspecified atom stereocenters. The number of aromatic hydroxyl groups is 2. The number of phenolic OH excluding ortho intramolecular Hbond substituents is 2. The fourth-order valence-electron chi connectivity index (χ4n) is 3.42. The number of hydrogen-bond donors (Lipinski definition) is 2. The van der Waals surface area contributed by atoms with Gasteiger partial charge in [-0.15, -0.1) is 0 Å². The number of epoxide rings is 1. The largest absolute Gasteiger partial charge is 0.508 e. The van der Waals surface area contributed by atoms with Crippen LogP contribution >= 0.6 is 0 Å². The van der Waals surface area contributed by atoms with Gasteiger partial charge in [-0.2, -0.15) is 0 Å². The van der Waals surface area contributed by atoms with E-state index in [0.29, 0.717) is 6.42 Å². The molecule has 138 valence electrons. The molecule has 1 aromatic carbocycles. The number of Topliss-reactive ketones (excluding diaryl/α,β-unsaturated/α-hetero) is 2. The van der Waals surface area contributed by atoms with Gasteiger partial charge in [0.1, 0.15) is 11.5 Å². The molecule has 5 nitrogen and oxygen atoms in total. The summed E-state index contributed by atoms with van der Waals surface area (Å²) in [6.07, 6.45) is 5.38. The first-order valence-electron chi connectivity index (χ1n) is 8.80. The molecule has 1 fully saturated rings. The molecule has 2 N–H and O–H groups in total. The Morgan fingerprint density at radius 2 is 1.92 bits per heavy atom. The highest BCUT2D eigenvalue weighted by atomic mass is 16.6. The summed E-state index contributed by atoms with van der Waals surface area (Å²) in [7, 11) is 0. The second kappa shape index (κ2) is 6.40. The predicted molar refractivity (Wildman–Crippen MR) is 97.8 cm³/mol. The van der Waals surface area contributed by atoms with Crippen LogP contribution in [0.15, 0.2) is 29.4 Å². The first-order chi connectivity index (χ1) is 12.2. The van der Waals surface area contributed by atoms with Gasteiger partial charge in [0.15, 0.2) is 23.3 Å². The highest BCUT2D eigenvalue weighted by Crippen LogP contribution is 2.51. The summed E-state index contributed by atoms with van der Waals surface area (Å²) in [5, 5.41) is 20.1. The number of carbonyl (C=O) groups excluding carboxylic acids is 2. The normalized spacial score (nSPS) is 24.2. The first kappa shape index (κ1) is 18.4. The minimum absolute atomic E-state index is 0.0346. The van der Waals surface area contributed by atoms with E-state index in [0.717, 1.165) is 18.4 Å². The van der Waals surface area contributed by atoms with Crippen LogP contribution in [-0.4, -0.2) is 33.5 Å². The fraction of sp³-hybridized carbons (Fsp3) is 0.429. The maximum absolute atomic E-state index is 12.9. The van der Waals surface area contributed by atoms with E-state index in [1.165, 1.54) is 18.6 Å². The van der Waals surface area contributed by atoms with Crippen LogP contribution in [-0.2, 0) is 4.74 Å². The first-order valence-corrected chi connectivity index (χ1v) is 8.80. The third kappa shape index (κ3) is 2.86. The molecule has 3 rings (SSSR count). The zero-order valence-corrected chi connectivity index (χ0v) is 15.5. The van der Waals surface area contributed by atoms with Crippen LogP contribution in [0.2, 0.25) is 0 Å². The van der Waals surface area contributed by atoms with Crippen LogP contribution in [0.3, 0.4) is 0 Å². The van der Waals surface area contributed by atoms with E-state index in [9.17, 15) is 19.8 Å². The number of phenols is 2. The Hall–Kier alpha value is -2.40. The van der Waals surface area contributed by atoms with Crippen LogP contribution in [0.5, 0.6) is 11.5 Å². The van der Waals surface area contributed by atoms with Gasteiger partial charge in [0, 0.05) is 17.5 Å². The van der Waals surface area contributed by atoms with Gasteiger partial charge < -0.3 is 14.9 Å². The molecule has 0 saturated carbocycles. The van der Waals surface area contributed by atoms with Crippen molar-refractivity contribution in [2.24, 2.45) is 0 Å². The standard InChI is InChI=1S/C21H24O5/c1-11(2)6-5-7-12(3)8-9-21-19(25)14-10-15(22)13(4)17(23)16(14)18(24)20(21)26-21/h6,8,10,20,22-23H,5,7,9H2,1-4H3. The average Bonchev–Trinajstić information content (AvgIpc) is 3.32. The Kier molecular flexibility index (Phi) is 4.53. The van der Waals surface area contributed by atoms with E-state index < -0.39 is 17.5 Å². The number of carbonyl (C=O) groups is 2. The maximum Gasteiger partial charge on any atom is 0.199 e. The molecule has 1 aromatic rings. The third-order valence-corrected chi connectivity index (χ3v) is 5.18. The number of hydrogen-bond acceptors (Lipinski definition) is 5. The molecule has 26 heavy (non-hydrogen) atoms. The molecule has 1 aliphatic carbocycles. The highest BCUT2D eigenvalue weighted by Gasteiger charge is 2.68. The van der Waals surface area contributed by atoms with E-state index in [-0.39, 0.29) is 34.0 Å². The molecule has 2 atom stereocenters. The van der Waals surface area contributed by atoms with Crippen molar-refractivity contribution >= 4 is 11.6 Å². The van der Waals surface area contributed by atoms with Crippen molar-refractivity contribution in [2.75, 3.05) is 0 Å². The zero-order chi connectivity index (χ0) is 19.2. The summed E-state index contributed by atoms with van der Waals surface area (Å²) in [5.74, 6) is -1.28. The van der Waals surface area contributed by atoms with E-state index in [2.05, 4.69) is 19.9 Å². The minimum Gasteiger partial charge on any atom is -0.508 e. The Balaban J connectivity index is 1.85. The van der Waals surface area contributed by atoms with Crippen molar-refractivity contribution in [3.63, 3.8) is 0 Å². The van der Waals surface area contributed by atoms with Crippen LogP contribution in [0.25, 0.3) is 0 Å². The van der Waals surface area contributed by atoms with Crippen molar-refractivity contribution in [3.8, 4) is 11.5 Å². The zero-order valence-electron chi connectivity index (χ0n) is 15.5. The number of allylic oxidation sites excluding steroid dienone is 3. The van der Waals surface area contributed by atoms with Crippen LogP contribution in [0.1, 0.15) is 66.3 Å². The topological polar surface area (TPSA) is 87.1 Å². The Morgan fingerprint density at radius 1 is 1.23 bits per heavy atom. The molecule has 0 spiro atoms. The number of benzene rings is 1. The van der Waals surface area contributed by atoms with Gasteiger partial charge in [0.2, 0.25) is 0 Å². The van der Waals surface area contributed by atoms with E-state index in [1.54, 1.807) is 0 Å². The predicted octanol–water partition coefficient (Wildman–Crippen LogP) is 4.01. The van der Waals surface area contributed by atoms with Gasteiger partial charge in [-0.25, -0.2) is 0 Å². The Morgan fingerprint density at radius 3 is 2.58 bits per heavy atom. The number of ketones is 2.